The number of carbonyl (C=O) groups is 1. The first-order chi connectivity index (χ1) is 14.2. The van der Waals surface area contributed by atoms with Crippen LogP contribution in [-0.4, -0.2) is 43.1 Å². The van der Waals surface area contributed by atoms with E-state index in [9.17, 15) is 10.1 Å². The third-order valence-electron chi connectivity index (χ3n) is 4.85. The molecule has 2 unspecified atom stereocenters. The van der Waals surface area contributed by atoms with E-state index in [-0.39, 0.29) is 24.9 Å². The molecule has 2 aromatic carbocycles. The number of aliphatic hydroxyl groups excluding tert-OH is 1. The highest BCUT2D eigenvalue weighted by Gasteiger charge is 2.32. The van der Waals surface area contributed by atoms with Crippen LogP contribution in [0.3, 0.4) is 0 Å². The fourth-order valence-electron chi connectivity index (χ4n) is 3.40. The number of hydrogen-bond acceptors (Lipinski definition) is 5. The minimum atomic E-state index is -0.329. The normalized spacial score (nSPS) is 16.9. The highest BCUT2D eigenvalue weighted by molar-refractivity contribution is 5.94. The van der Waals surface area contributed by atoms with Crippen LogP contribution in [0.15, 0.2) is 54.6 Å². The Morgan fingerprint density at radius 2 is 2.00 bits per heavy atom. The van der Waals surface area contributed by atoms with E-state index >= 15 is 0 Å². The van der Waals surface area contributed by atoms with Gasteiger partial charge in [-0.2, -0.15) is 5.26 Å². The Hall–Kier alpha value is -3.08. The Morgan fingerprint density at radius 1 is 1.24 bits per heavy atom. The van der Waals surface area contributed by atoms with Crippen molar-refractivity contribution in [2.75, 3.05) is 24.6 Å². The van der Waals surface area contributed by atoms with Crippen LogP contribution in [0, 0.1) is 11.3 Å². The van der Waals surface area contributed by atoms with Crippen molar-refractivity contribution in [3.63, 3.8) is 0 Å². The van der Waals surface area contributed by atoms with Gasteiger partial charge in [0.25, 0.3) is 0 Å². The first-order valence-corrected chi connectivity index (χ1v) is 9.85. The molecule has 1 aliphatic rings. The van der Waals surface area contributed by atoms with Gasteiger partial charge in [-0.25, -0.2) is 4.79 Å². The van der Waals surface area contributed by atoms with Gasteiger partial charge in [0.2, 0.25) is 0 Å². The summed E-state index contributed by atoms with van der Waals surface area (Å²) in [5.41, 5.74) is 1.35. The number of nitriles is 1. The first kappa shape index (κ1) is 20.6. The van der Waals surface area contributed by atoms with Gasteiger partial charge in [-0.1, -0.05) is 30.3 Å². The first-order valence-electron chi connectivity index (χ1n) is 9.85. The molecule has 29 heavy (non-hydrogen) atoms. The van der Waals surface area contributed by atoms with Gasteiger partial charge in [-0.3, -0.25) is 10.2 Å². The summed E-state index contributed by atoms with van der Waals surface area (Å²) in [7, 11) is 0. The Morgan fingerprint density at radius 3 is 2.76 bits per heavy atom. The third kappa shape index (κ3) is 5.47. The molecule has 2 aromatic rings. The minimum absolute atomic E-state index is 0.0156. The highest BCUT2D eigenvalue weighted by atomic mass is 16.5. The second-order valence-corrected chi connectivity index (χ2v) is 6.87. The smallest absolute Gasteiger partial charge is 0.322 e. The number of anilines is 1. The number of aliphatic hydroxyl groups is 1. The van der Waals surface area contributed by atoms with E-state index in [0.717, 1.165) is 12.1 Å². The van der Waals surface area contributed by atoms with Crippen LogP contribution >= 0.6 is 0 Å². The highest BCUT2D eigenvalue weighted by Crippen LogP contribution is 2.24. The Bertz CT molecular complexity index is 837. The summed E-state index contributed by atoms with van der Waals surface area (Å²) in [6.07, 6.45) is 1.65. The van der Waals surface area contributed by atoms with Crippen LogP contribution in [0.4, 0.5) is 10.5 Å². The topological polar surface area (TPSA) is 97.6 Å². The van der Waals surface area contributed by atoms with Crippen LogP contribution in [0.1, 0.15) is 24.8 Å². The average molecular weight is 394 g/mol. The van der Waals surface area contributed by atoms with Crippen LogP contribution in [0.25, 0.3) is 0 Å². The van der Waals surface area contributed by atoms with Crippen molar-refractivity contribution < 1.29 is 14.6 Å². The van der Waals surface area contributed by atoms with Crippen molar-refractivity contribution in [3.05, 3.63) is 60.2 Å². The molecule has 7 nitrogen and oxygen atoms in total. The lowest BCUT2D eigenvalue weighted by molar-refractivity contribution is 0.145. The molecule has 0 bridgehead atoms. The lowest BCUT2D eigenvalue weighted by atomic mass is 10.1. The maximum absolute atomic E-state index is 12.3. The van der Waals surface area contributed by atoms with E-state index in [1.807, 2.05) is 36.4 Å². The van der Waals surface area contributed by atoms with Crippen molar-refractivity contribution in [3.8, 4) is 11.8 Å². The zero-order chi connectivity index (χ0) is 20.5. The predicted molar refractivity (Wildman–Crippen MR) is 111 cm³/mol. The molecule has 0 aliphatic carbocycles. The quantitative estimate of drug-likeness (QED) is 0.425. The number of carbonyl (C=O) groups excluding carboxylic acids is 1. The maximum atomic E-state index is 12.3. The number of nitrogens with one attached hydrogen (secondary N) is 2. The number of rotatable bonds is 10. The summed E-state index contributed by atoms with van der Waals surface area (Å²) in [5.74, 6) is 0.525. The van der Waals surface area contributed by atoms with Gasteiger partial charge < -0.3 is 15.2 Å². The summed E-state index contributed by atoms with van der Waals surface area (Å²) in [5, 5.41) is 24.6. The van der Waals surface area contributed by atoms with Gasteiger partial charge in [0, 0.05) is 31.8 Å². The van der Waals surface area contributed by atoms with Crippen molar-refractivity contribution in [1.29, 1.82) is 5.26 Å². The minimum Gasteiger partial charge on any atom is -0.474 e. The van der Waals surface area contributed by atoms with E-state index < -0.39 is 0 Å². The fraction of sp³-hybridized carbons (Fsp3) is 0.364. The molecule has 0 aromatic heterocycles. The van der Waals surface area contributed by atoms with Gasteiger partial charge >= 0.3 is 6.03 Å². The lowest BCUT2D eigenvalue weighted by Crippen LogP contribution is -2.39. The van der Waals surface area contributed by atoms with Crippen LogP contribution in [0.2, 0.25) is 0 Å². The number of amides is 2. The SMILES string of the molecule is N#Cc1ccccc1OC(CCC1CNC(=O)N1c1ccccc1)NCCCO. The second kappa shape index (κ2) is 10.5. The van der Waals surface area contributed by atoms with Crippen LogP contribution in [-0.2, 0) is 0 Å². The molecule has 0 spiro atoms. The van der Waals surface area contributed by atoms with Crippen LogP contribution in [0.5, 0.6) is 5.75 Å². The van der Waals surface area contributed by atoms with E-state index in [1.165, 1.54) is 0 Å². The van der Waals surface area contributed by atoms with Gasteiger partial charge in [0.15, 0.2) is 0 Å². The fourth-order valence-corrected chi connectivity index (χ4v) is 3.40. The number of para-hydroxylation sites is 2. The molecule has 1 aliphatic heterocycles. The van der Waals surface area contributed by atoms with Crippen LogP contribution < -0.4 is 20.3 Å². The third-order valence-corrected chi connectivity index (χ3v) is 4.85. The zero-order valence-electron chi connectivity index (χ0n) is 16.3. The molecular weight excluding hydrogens is 368 g/mol. The Kier molecular flexibility index (Phi) is 7.45. The molecule has 2 atom stereocenters. The monoisotopic (exact) mass is 394 g/mol. The van der Waals surface area contributed by atoms with E-state index in [0.29, 0.717) is 37.2 Å². The van der Waals surface area contributed by atoms with Gasteiger partial charge in [-0.15, -0.1) is 0 Å². The van der Waals surface area contributed by atoms with Gasteiger partial charge in [0.1, 0.15) is 18.0 Å². The van der Waals surface area contributed by atoms with Crippen molar-refractivity contribution in [1.82, 2.24) is 10.6 Å². The van der Waals surface area contributed by atoms with Crippen molar-refractivity contribution in [2.24, 2.45) is 0 Å². The number of urea groups is 1. The molecule has 1 fully saturated rings. The Labute approximate surface area is 170 Å². The number of benzene rings is 2. The van der Waals surface area contributed by atoms with Gasteiger partial charge in [-0.05, 0) is 37.1 Å². The maximum Gasteiger partial charge on any atom is 0.322 e. The average Bonchev–Trinajstić information content (AvgIpc) is 3.13. The second-order valence-electron chi connectivity index (χ2n) is 6.87. The largest absolute Gasteiger partial charge is 0.474 e. The summed E-state index contributed by atoms with van der Waals surface area (Å²) in [6.45, 7) is 1.27. The molecule has 0 radical (unpaired) electrons. The molecule has 1 saturated heterocycles. The molecule has 7 heteroatoms. The van der Waals surface area contributed by atoms with E-state index in [2.05, 4.69) is 16.7 Å². The molecular formula is C22H26N4O3. The molecule has 3 rings (SSSR count). The van der Waals surface area contributed by atoms with Gasteiger partial charge in [0.05, 0.1) is 11.6 Å². The van der Waals surface area contributed by atoms with E-state index in [1.54, 1.807) is 23.1 Å². The lowest BCUT2D eigenvalue weighted by Gasteiger charge is -2.26. The molecule has 0 saturated carbocycles. The molecule has 1 heterocycles. The molecule has 152 valence electrons. The van der Waals surface area contributed by atoms with Crippen molar-refractivity contribution >= 4 is 11.7 Å². The summed E-state index contributed by atoms with van der Waals surface area (Å²) in [6, 6.07) is 18.8. The number of nitrogens with zero attached hydrogens (tertiary/aromatic N) is 2. The summed E-state index contributed by atoms with van der Waals surface area (Å²) >= 11 is 0. The van der Waals surface area contributed by atoms with E-state index in [4.69, 9.17) is 9.84 Å². The molecule has 3 N–H and O–H groups in total. The molecule has 2 amide bonds. The predicted octanol–water partition coefficient (Wildman–Crippen LogP) is 2.61. The standard InChI is InChI=1S/C22H26N4O3/c23-15-17-7-4-5-10-20(17)29-21(24-13-6-14-27)12-11-19-16-25-22(28)26(19)18-8-2-1-3-9-18/h1-5,7-10,19,21,24,27H,6,11-14,16H2,(H,25,28). The Balaban J connectivity index is 1.67. The zero-order valence-corrected chi connectivity index (χ0v) is 16.3. The summed E-state index contributed by atoms with van der Waals surface area (Å²) in [4.78, 5) is 14.1. The van der Waals surface area contributed by atoms with Crippen molar-refractivity contribution in [2.45, 2.75) is 31.5 Å². The number of ether oxygens (including phenoxy) is 1. The number of hydrogen-bond donors (Lipinski definition) is 3. The summed E-state index contributed by atoms with van der Waals surface area (Å²) < 4.78 is 6.07.